The van der Waals surface area contributed by atoms with Crippen LogP contribution in [-0.2, 0) is 32.8 Å². The Bertz CT molecular complexity index is 1540. The summed E-state index contributed by atoms with van der Waals surface area (Å²) in [6.45, 7) is 4.80. The van der Waals surface area contributed by atoms with Crippen LogP contribution in [0.3, 0.4) is 0 Å². The molecule has 242 valence electrons. The molecule has 1 unspecified atom stereocenters. The summed E-state index contributed by atoms with van der Waals surface area (Å²) >= 11 is 0. The number of esters is 2. The molecule has 1 saturated heterocycles. The Kier molecular flexibility index (Phi) is 11.3. The Balaban J connectivity index is 1.94. The van der Waals surface area contributed by atoms with Crippen LogP contribution in [0.15, 0.2) is 46.3 Å². The molecule has 2 aromatic rings. The third kappa shape index (κ3) is 8.21. The predicted molar refractivity (Wildman–Crippen MR) is 153 cm³/mol. The number of hydrogen-bond acceptors (Lipinski definition) is 12. The van der Waals surface area contributed by atoms with E-state index in [0.717, 1.165) is 23.8 Å². The van der Waals surface area contributed by atoms with Crippen LogP contribution in [0.1, 0.15) is 49.8 Å². The highest BCUT2D eigenvalue weighted by Gasteiger charge is 2.56. The van der Waals surface area contributed by atoms with Crippen molar-refractivity contribution in [2.45, 2.75) is 63.9 Å². The van der Waals surface area contributed by atoms with Gasteiger partial charge in [0.2, 0.25) is 0 Å². The fraction of sp³-hybridized carbons (Fsp3) is 0.481. The van der Waals surface area contributed by atoms with Gasteiger partial charge in [-0.2, -0.15) is 5.09 Å². The number of ether oxygens (including phenoxy) is 4. The number of aliphatic hydroxyl groups excluding tert-OH is 1. The second-order valence-corrected chi connectivity index (χ2v) is 11.8. The van der Waals surface area contributed by atoms with Gasteiger partial charge in [0.15, 0.2) is 11.9 Å². The van der Waals surface area contributed by atoms with Crippen LogP contribution < -0.4 is 20.9 Å². The van der Waals surface area contributed by atoms with Gasteiger partial charge >= 0.3 is 25.4 Å². The maximum absolute atomic E-state index is 15.7. The molecule has 1 aliphatic rings. The van der Waals surface area contributed by atoms with E-state index in [4.69, 9.17) is 28.0 Å². The molecule has 0 spiro atoms. The Morgan fingerprint density at radius 3 is 2.57 bits per heavy atom. The number of alkyl halides is 1. The van der Waals surface area contributed by atoms with Crippen LogP contribution in [0.25, 0.3) is 6.08 Å². The molecule has 1 aromatic carbocycles. The Morgan fingerprint density at radius 1 is 1.25 bits per heavy atom. The van der Waals surface area contributed by atoms with Crippen molar-refractivity contribution in [3.8, 4) is 5.75 Å². The quantitative estimate of drug-likeness (QED) is 0.163. The van der Waals surface area contributed by atoms with Crippen molar-refractivity contribution in [3.05, 3.63) is 68.7 Å². The smallest absolute Gasteiger partial charge is 0.459 e. The van der Waals surface area contributed by atoms with Crippen molar-refractivity contribution in [1.82, 2.24) is 14.6 Å². The zero-order valence-electron chi connectivity index (χ0n) is 24.8. The summed E-state index contributed by atoms with van der Waals surface area (Å²) in [7, 11) is -2.03. The number of benzene rings is 1. The van der Waals surface area contributed by atoms with Gasteiger partial charge in [-0.3, -0.25) is 23.7 Å². The lowest BCUT2D eigenvalue weighted by Crippen LogP contribution is -2.43. The van der Waals surface area contributed by atoms with E-state index >= 15 is 4.39 Å². The van der Waals surface area contributed by atoms with Gasteiger partial charge in [0.25, 0.3) is 5.56 Å². The van der Waals surface area contributed by atoms with E-state index in [2.05, 4.69) is 5.09 Å². The lowest BCUT2D eigenvalue weighted by atomic mass is 9.98. The molecule has 1 aliphatic heterocycles. The second-order valence-electron chi connectivity index (χ2n) is 10.1. The first-order valence-corrected chi connectivity index (χ1v) is 14.8. The fourth-order valence-corrected chi connectivity index (χ4v) is 5.65. The summed E-state index contributed by atoms with van der Waals surface area (Å²) in [4.78, 5) is 50.3. The average Bonchev–Trinajstić information content (AvgIpc) is 3.18. The average molecular weight is 644 g/mol. The topological polar surface area (TPSA) is 194 Å². The molecule has 15 nitrogen and oxygen atoms in total. The molecule has 0 saturated carbocycles. The normalized spacial score (nSPS) is 23.7. The Hall–Kier alpha value is -3.82. The first kappa shape index (κ1) is 34.7. The standard InChI is InChI=1S/C27H35FN3O12P/c1-15(2)41-23(34)16(3)30-44(37,43-19-8-7-18(24(35)39-6)13-17(19)10-12-38-5)40-14-20-22(33)27(4,28)25(42-20)31-11-9-21(32)29-26(31)36/h7-13,15-16,20,22,25,33H,14H2,1-6H3,(H,30,37)(H,29,32,36)/b12-10+/t16-,20+,22+,25+,27+,44?/m0/s1. The number of halogens is 1. The van der Waals surface area contributed by atoms with Crippen molar-refractivity contribution in [3.63, 3.8) is 0 Å². The summed E-state index contributed by atoms with van der Waals surface area (Å²) in [6, 6.07) is 3.72. The molecule has 0 amide bonds. The van der Waals surface area contributed by atoms with Crippen molar-refractivity contribution < 1.29 is 51.6 Å². The number of carbonyl (C=O) groups excluding carboxylic acids is 2. The van der Waals surface area contributed by atoms with Gasteiger partial charge in [-0.05, 0) is 52.0 Å². The van der Waals surface area contributed by atoms with Crippen molar-refractivity contribution in [1.29, 1.82) is 0 Å². The van der Waals surface area contributed by atoms with Crippen LogP contribution in [0, 0.1) is 0 Å². The molecule has 6 atom stereocenters. The first-order valence-electron chi connectivity index (χ1n) is 13.3. The highest BCUT2D eigenvalue weighted by molar-refractivity contribution is 7.52. The second kappa shape index (κ2) is 14.3. The monoisotopic (exact) mass is 643 g/mol. The molecule has 1 fully saturated rings. The van der Waals surface area contributed by atoms with Gasteiger partial charge in [-0.25, -0.2) is 18.5 Å². The number of rotatable bonds is 13. The van der Waals surface area contributed by atoms with Crippen molar-refractivity contribution in [2.75, 3.05) is 20.8 Å². The third-order valence-electron chi connectivity index (χ3n) is 6.32. The molecule has 3 N–H and O–H groups in total. The Labute approximate surface area is 251 Å². The van der Waals surface area contributed by atoms with Crippen LogP contribution >= 0.6 is 7.75 Å². The van der Waals surface area contributed by atoms with Gasteiger partial charge in [0, 0.05) is 17.8 Å². The van der Waals surface area contributed by atoms with E-state index in [1.54, 1.807) is 13.8 Å². The minimum Gasteiger partial charge on any atom is -0.504 e. The number of nitrogens with zero attached hydrogens (tertiary/aromatic N) is 1. The molecule has 0 aliphatic carbocycles. The van der Waals surface area contributed by atoms with E-state index in [1.165, 1.54) is 51.7 Å². The summed E-state index contributed by atoms with van der Waals surface area (Å²) < 4.78 is 62.3. The van der Waals surface area contributed by atoms with E-state index < -0.39 is 73.8 Å². The third-order valence-corrected chi connectivity index (χ3v) is 7.95. The number of aliphatic hydroxyl groups is 1. The van der Waals surface area contributed by atoms with Crippen LogP contribution in [0.2, 0.25) is 0 Å². The molecule has 2 heterocycles. The molecular formula is C27H35FN3O12P. The number of carbonyl (C=O) groups is 2. The van der Waals surface area contributed by atoms with E-state index in [9.17, 15) is 28.8 Å². The molecule has 0 bridgehead atoms. The lowest BCUT2D eigenvalue weighted by Gasteiger charge is -2.26. The highest BCUT2D eigenvalue weighted by Crippen LogP contribution is 2.48. The summed E-state index contributed by atoms with van der Waals surface area (Å²) in [6.07, 6.45) is -1.93. The zero-order chi connectivity index (χ0) is 32.8. The summed E-state index contributed by atoms with van der Waals surface area (Å²) in [5.74, 6) is -1.55. The Morgan fingerprint density at radius 2 is 1.95 bits per heavy atom. The van der Waals surface area contributed by atoms with Crippen LogP contribution in [0.4, 0.5) is 4.39 Å². The largest absolute Gasteiger partial charge is 0.504 e. The zero-order valence-corrected chi connectivity index (χ0v) is 25.7. The predicted octanol–water partition coefficient (Wildman–Crippen LogP) is 2.06. The van der Waals surface area contributed by atoms with Gasteiger partial charge in [-0.1, -0.05) is 0 Å². The summed E-state index contributed by atoms with van der Waals surface area (Å²) in [5, 5.41) is 13.2. The van der Waals surface area contributed by atoms with Gasteiger partial charge in [0.05, 0.1) is 38.8 Å². The van der Waals surface area contributed by atoms with Gasteiger partial charge in [-0.15, -0.1) is 0 Å². The van der Waals surface area contributed by atoms with E-state index in [-0.39, 0.29) is 16.9 Å². The number of aromatic nitrogens is 2. The lowest BCUT2D eigenvalue weighted by molar-refractivity contribution is -0.149. The van der Waals surface area contributed by atoms with Gasteiger partial charge in [0.1, 0.15) is 24.0 Å². The number of H-pyrrole nitrogens is 1. The number of nitrogens with one attached hydrogen (secondary N) is 2. The van der Waals surface area contributed by atoms with E-state index in [0.29, 0.717) is 0 Å². The molecule has 44 heavy (non-hydrogen) atoms. The fourth-order valence-electron chi connectivity index (χ4n) is 4.13. The first-order chi connectivity index (χ1) is 20.6. The minimum absolute atomic E-state index is 0.0906. The number of methoxy groups -OCH3 is 2. The number of aromatic amines is 1. The van der Waals surface area contributed by atoms with Crippen molar-refractivity contribution in [2.24, 2.45) is 0 Å². The van der Waals surface area contributed by atoms with Crippen LogP contribution in [0.5, 0.6) is 5.75 Å². The highest BCUT2D eigenvalue weighted by atomic mass is 31.2. The maximum Gasteiger partial charge on any atom is 0.459 e. The molecular weight excluding hydrogens is 608 g/mol. The maximum atomic E-state index is 15.7. The van der Waals surface area contributed by atoms with Crippen molar-refractivity contribution >= 4 is 25.8 Å². The number of hydrogen-bond donors (Lipinski definition) is 3. The SMILES string of the molecule is CO/C=C/c1cc(C(=O)OC)ccc1OP(=O)(N[C@@H](C)C(=O)OC(C)C)OC[C@H]1O[C@@H](n2ccc(=O)[nH]c2=O)[C@](C)(F)[C@@H]1O. The molecule has 0 radical (unpaired) electrons. The molecule has 17 heteroatoms. The van der Waals surface area contributed by atoms with E-state index in [1.807, 2.05) is 4.98 Å². The summed E-state index contributed by atoms with van der Waals surface area (Å²) in [5.41, 5.74) is -3.95. The minimum atomic E-state index is -4.60. The molecule has 3 rings (SSSR count). The van der Waals surface area contributed by atoms with Crippen LogP contribution in [-0.4, -0.2) is 77.4 Å². The van der Waals surface area contributed by atoms with Gasteiger partial charge < -0.3 is 28.6 Å². The molecule has 1 aromatic heterocycles.